The predicted octanol–water partition coefficient (Wildman–Crippen LogP) is 4.45. The molecule has 4 rings (SSSR count). The normalized spacial score (nSPS) is 21.0. The molecule has 1 aromatic heterocycles. The van der Waals surface area contributed by atoms with Gasteiger partial charge in [-0.25, -0.2) is 13.4 Å². The third-order valence-corrected chi connectivity index (χ3v) is 7.88. The molecule has 0 radical (unpaired) electrons. The number of halogens is 2. The van der Waals surface area contributed by atoms with E-state index < -0.39 is 21.2 Å². The van der Waals surface area contributed by atoms with Gasteiger partial charge in [0.05, 0.1) is 15.8 Å². The first-order valence-corrected chi connectivity index (χ1v) is 11.3. The van der Waals surface area contributed by atoms with Gasteiger partial charge in [0.25, 0.3) is 5.91 Å². The molecular formula is C19H19Cl2N3O3S. The predicted molar refractivity (Wildman–Crippen MR) is 111 cm³/mol. The second-order valence-corrected chi connectivity index (χ2v) is 10.4. The van der Waals surface area contributed by atoms with Crippen LogP contribution in [0.5, 0.6) is 0 Å². The highest BCUT2D eigenvalue weighted by molar-refractivity contribution is 7.93. The SMILES string of the molecule is CC1CCN(c2cc(C(=O)Nc3cc(Cl)cc(C4CC4)c3)c(Cl)cn2)S1(=O)=O. The number of carbonyl (C=O) groups excluding carboxylic acids is 1. The van der Waals surface area contributed by atoms with Gasteiger partial charge in [-0.2, -0.15) is 0 Å². The van der Waals surface area contributed by atoms with Gasteiger partial charge in [0, 0.05) is 23.5 Å². The summed E-state index contributed by atoms with van der Waals surface area (Å²) in [6.07, 6.45) is 4.06. The highest BCUT2D eigenvalue weighted by Crippen LogP contribution is 2.42. The molecule has 1 aliphatic carbocycles. The first-order valence-electron chi connectivity index (χ1n) is 9.04. The summed E-state index contributed by atoms with van der Waals surface area (Å²) in [5.41, 5.74) is 1.84. The van der Waals surface area contributed by atoms with Crippen LogP contribution in [-0.2, 0) is 10.0 Å². The van der Waals surface area contributed by atoms with Crippen LogP contribution in [0.4, 0.5) is 11.5 Å². The summed E-state index contributed by atoms with van der Waals surface area (Å²) in [5.74, 6) is 0.249. The van der Waals surface area contributed by atoms with Crippen LogP contribution in [0.1, 0.15) is 48.0 Å². The lowest BCUT2D eigenvalue weighted by Gasteiger charge is -2.18. The number of nitrogens with one attached hydrogen (secondary N) is 1. The standard InChI is InChI=1S/C19H19Cl2N3O3S/c1-11-4-5-24(28(11,26)27)18-9-16(17(21)10-22-18)19(25)23-15-7-13(12-2-3-12)6-14(20)8-15/h6-12H,2-5H2,1H3,(H,23,25). The van der Waals surface area contributed by atoms with Crippen LogP contribution in [0.25, 0.3) is 0 Å². The zero-order valence-corrected chi connectivity index (χ0v) is 17.5. The van der Waals surface area contributed by atoms with Gasteiger partial charge in [0.15, 0.2) is 0 Å². The largest absolute Gasteiger partial charge is 0.322 e. The lowest BCUT2D eigenvalue weighted by Crippen LogP contribution is -2.29. The number of pyridine rings is 1. The Balaban J connectivity index is 1.61. The van der Waals surface area contributed by atoms with Gasteiger partial charge in [-0.15, -0.1) is 0 Å². The topological polar surface area (TPSA) is 79.4 Å². The lowest BCUT2D eigenvalue weighted by atomic mass is 10.1. The van der Waals surface area contributed by atoms with Crippen LogP contribution < -0.4 is 9.62 Å². The Kier molecular flexibility index (Phi) is 5.02. The van der Waals surface area contributed by atoms with Crippen molar-refractivity contribution in [1.29, 1.82) is 0 Å². The highest BCUT2D eigenvalue weighted by atomic mass is 35.5. The number of hydrogen-bond donors (Lipinski definition) is 1. The maximum Gasteiger partial charge on any atom is 0.257 e. The Bertz CT molecular complexity index is 1050. The highest BCUT2D eigenvalue weighted by Gasteiger charge is 2.37. The molecular weight excluding hydrogens is 421 g/mol. The summed E-state index contributed by atoms with van der Waals surface area (Å²) >= 11 is 12.3. The number of sulfonamides is 1. The minimum Gasteiger partial charge on any atom is -0.322 e. The molecule has 1 amide bonds. The van der Waals surface area contributed by atoms with Gasteiger partial charge < -0.3 is 5.32 Å². The third kappa shape index (κ3) is 3.71. The van der Waals surface area contributed by atoms with E-state index in [0.29, 0.717) is 29.6 Å². The quantitative estimate of drug-likeness (QED) is 0.762. The summed E-state index contributed by atoms with van der Waals surface area (Å²) in [7, 11) is -3.47. The lowest BCUT2D eigenvalue weighted by molar-refractivity contribution is 0.102. The van der Waals surface area contributed by atoms with Crippen LogP contribution in [0.3, 0.4) is 0 Å². The smallest absolute Gasteiger partial charge is 0.257 e. The second kappa shape index (κ2) is 7.21. The molecule has 28 heavy (non-hydrogen) atoms. The number of anilines is 2. The van der Waals surface area contributed by atoms with Crippen molar-refractivity contribution in [2.24, 2.45) is 0 Å². The monoisotopic (exact) mass is 439 g/mol. The minimum atomic E-state index is -3.47. The van der Waals surface area contributed by atoms with Gasteiger partial charge >= 0.3 is 0 Å². The van der Waals surface area contributed by atoms with Gasteiger partial charge in [-0.1, -0.05) is 23.2 Å². The van der Waals surface area contributed by atoms with E-state index in [-0.39, 0.29) is 16.4 Å². The molecule has 148 valence electrons. The first-order chi connectivity index (χ1) is 13.3. The van der Waals surface area contributed by atoms with Gasteiger partial charge in [0.2, 0.25) is 10.0 Å². The van der Waals surface area contributed by atoms with E-state index in [9.17, 15) is 13.2 Å². The molecule has 1 N–H and O–H groups in total. The summed E-state index contributed by atoms with van der Waals surface area (Å²) in [4.78, 5) is 16.9. The van der Waals surface area contributed by atoms with Gasteiger partial charge in [-0.05, 0) is 61.9 Å². The maximum atomic E-state index is 12.8. The molecule has 9 heteroatoms. The molecule has 2 fully saturated rings. The fraction of sp³-hybridized carbons (Fsp3) is 0.368. The van der Waals surface area contributed by atoms with Crippen molar-refractivity contribution >= 4 is 50.6 Å². The number of carbonyl (C=O) groups is 1. The zero-order valence-electron chi connectivity index (χ0n) is 15.2. The van der Waals surface area contributed by atoms with E-state index in [1.165, 1.54) is 16.6 Å². The van der Waals surface area contributed by atoms with E-state index in [4.69, 9.17) is 23.2 Å². The molecule has 1 aliphatic heterocycles. The number of aromatic nitrogens is 1. The molecule has 2 aromatic rings. The number of rotatable bonds is 4. The third-order valence-electron chi connectivity index (χ3n) is 5.12. The van der Waals surface area contributed by atoms with Gasteiger partial charge in [0.1, 0.15) is 5.82 Å². The molecule has 1 unspecified atom stereocenters. The van der Waals surface area contributed by atoms with Crippen molar-refractivity contribution in [2.45, 2.75) is 37.4 Å². The number of hydrogen-bond acceptors (Lipinski definition) is 4. The number of amides is 1. The summed E-state index contributed by atoms with van der Waals surface area (Å²) in [6.45, 7) is 1.99. The minimum absolute atomic E-state index is 0.148. The van der Waals surface area contributed by atoms with Crippen molar-refractivity contribution < 1.29 is 13.2 Å². The van der Waals surface area contributed by atoms with Crippen molar-refractivity contribution in [1.82, 2.24) is 4.98 Å². The Morgan fingerprint density at radius 1 is 1.18 bits per heavy atom. The van der Waals surface area contributed by atoms with E-state index in [0.717, 1.165) is 18.4 Å². The summed E-state index contributed by atoms with van der Waals surface area (Å²) in [5, 5.41) is 3.03. The number of nitrogens with zero attached hydrogens (tertiary/aromatic N) is 2. The fourth-order valence-corrected chi connectivity index (χ4v) is 5.30. The fourth-order valence-electron chi connectivity index (χ4n) is 3.31. The van der Waals surface area contributed by atoms with E-state index in [2.05, 4.69) is 10.3 Å². The van der Waals surface area contributed by atoms with E-state index in [1.807, 2.05) is 12.1 Å². The molecule has 0 bridgehead atoms. The average molecular weight is 440 g/mol. The Hall–Kier alpha value is -1.83. The van der Waals surface area contributed by atoms with Crippen molar-refractivity contribution in [3.63, 3.8) is 0 Å². The average Bonchev–Trinajstić information content (AvgIpc) is 3.43. The van der Waals surface area contributed by atoms with E-state index >= 15 is 0 Å². The molecule has 6 nitrogen and oxygen atoms in total. The van der Waals surface area contributed by atoms with Crippen LogP contribution >= 0.6 is 23.2 Å². The molecule has 1 aromatic carbocycles. The van der Waals surface area contributed by atoms with Crippen molar-refractivity contribution in [3.05, 3.63) is 51.6 Å². The molecule has 1 saturated carbocycles. The van der Waals surface area contributed by atoms with Crippen molar-refractivity contribution in [2.75, 3.05) is 16.2 Å². The molecule has 2 heterocycles. The van der Waals surface area contributed by atoms with Crippen LogP contribution in [0.15, 0.2) is 30.5 Å². The van der Waals surface area contributed by atoms with Gasteiger partial charge in [-0.3, -0.25) is 9.10 Å². The summed E-state index contributed by atoms with van der Waals surface area (Å²) < 4.78 is 26.1. The molecule has 2 aliphatic rings. The number of benzene rings is 1. The Labute approximate surface area is 173 Å². The molecule has 1 saturated heterocycles. The first kappa shape index (κ1) is 19.5. The maximum absolute atomic E-state index is 12.8. The zero-order chi connectivity index (χ0) is 20.1. The Morgan fingerprint density at radius 2 is 1.93 bits per heavy atom. The van der Waals surface area contributed by atoms with Crippen molar-refractivity contribution in [3.8, 4) is 0 Å². The van der Waals surface area contributed by atoms with E-state index in [1.54, 1.807) is 13.0 Å². The second-order valence-electron chi connectivity index (χ2n) is 7.24. The molecule has 1 atom stereocenters. The summed E-state index contributed by atoms with van der Waals surface area (Å²) in [6, 6.07) is 6.91. The Morgan fingerprint density at radius 3 is 2.57 bits per heavy atom. The van der Waals surface area contributed by atoms with Crippen LogP contribution in [0, 0.1) is 0 Å². The molecule has 0 spiro atoms. The van der Waals surface area contributed by atoms with Crippen LogP contribution in [0.2, 0.25) is 10.0 Å². The van der Waals surface area contributed by atoms with Crippen LogP contribution in [-0.4, -0.2) is 31.1 Å².